The Hall–Kier alpha value is -1.77. The van der Waals surface area contributed by atoms with Gasteiger partial charge in [0.05, 0.1) is 11.1 Å². The quantitative estimate of drug-likeness (QED) is 0.844. The molecule has 140 valence electrons. The zero-order valence-corrected chi connectivity index (χ0v) is 14.9. The van der Waals surface area contributed by atoms with Crippen LogP contribution in [0.4, 0.5) is 20.4 Å². The number of ether oxygens (including phenoxy) is 1. The van der Waals surface area contributed by atoms with E-state index in [2.05, 4.69) is 20.3 Å². The number of fused-ring (bicyclic) bond motifs is 1. The molecule has 0 bridgehead atoms. The maximum atomic E-state index is 13.1. The van der Waals surface area contributed by atoms with E-state index in [1.165, 1.54) is 11.8 Å². The van der Waals surface area contributed by atoms with Gasteiger partial charge in [-0.25, -0.2) is 13.8 Å². The number of anilines is 2. The summed E-state index contributed by atoms with van der Waals surface area (Å²) in [6.45, 7) is 3.06. The Bertz CT molecular complexity index is 792. The van der Waals surface area contributed by atoms with Crippen LogP contribution < -0.4 is 10.6 Å². The maximum absolute atomic E-state index is 13.1. The number of pyridine rings is 1. The first kappa shape index (κ1) is 17.6. The third kappa shape index (κ3) is 3.41. The molecular weight excluding hydrogens is 364 g/mol. The minimum Gasteiger partial charge on any atom is -0.381 e. The minimum atomic E-state index is -2.72. The van der Waals surface area contributed by atoms with Gasteiger partial charge in [0.25, 0.3) is 6.43 Å². The first-order valence-corrected chi connectivity index (χ1v) is 9.11. The molecule has 6 nitrogen and oxygen atoms in total. The van der Waals surface area contributed by atoms with Crippen molar-refractivity contribution in [2.45, 2.75) is 38.3 Å². The van der Waals surface area contributed by atoms with Crippen LogP contribution in [0.25, 0.3) is 0 Å². The van der Waals surface area contributed by atoms with Gasteiger partial charge in [-0.3, -0.25) is 4.68 Å². The highest BCUT2D eigenvalue weighted by molar-refractivity contribution is 6.31. The molecule has 0 spiro atoms. The van der Waals surface area contributed by atoms with E-state index < -0.39 is 12.1 Å². The van der Waals surface area contributed by atoms with Crippen molar-refractivity contribution in [1.82, 2.24) is 20.1 Å². The summed E-state index contributed by atoms with van der Waals surface area (Å²) in [5, 5.41) is 11.2. The molecule has 2 aromatic heterocycles. The molecule has 2 aliphatic rings. The fourth-order valence-corrected chi connectivity index (χ4v) is 3.70. The van der Waals surface area contributed by atoms with Gasteiger partial charge in [0, 0.05) is 44.0 Å². The molecule has 4 heterocycles. The normalized spacial score (nSPS) is 18.2. The van der Waals surface area contributed by atoms with Crippen molar-refractivity contribution in [3.8, 4) is 0 Å². The largest absolute Gasteiger partial charge is 0.381 e. The molecule has 2 N–H and O–H groups in total. The van der Waals surface area contributed by atoms with Crippen LogP contribution in [0.5, 0.6) is 0 Å². The van der Waals surface area contributed by atoms with Gasteiger partial charge in [-0.1, -0.05) is 11.6 Å². The standard InChI is InChI=1S/C17H20ClF2N5O/c18-12-1-2-14(22-15(12)16(19)20)23-17-11-9-21-6-3-13(11)25(24-17)10-4-7-26-8-5-10/h1-2,10,16,21H,3-9H2,(H,22,23,24). The zero-order valence-electron chi connectivity index (χ0n) is 14.1. The third-order valence-corrected chi connectivity index (χ3v) is 5.14. The Labute approximate surface area is 154 Å². The predicted octanol–water partition coefficient (Wildman–Crippen LogP) is 3.61. The summed E-state index contributed by atoms with van der Waals surface area (Å²) in [6.07, 6.45) is 0.0166. The number of aromatic nitrogens is 3. The van der Waals surface area contributed by atoms with Crippen LogP contribution >= 0.6 is 11.6 Å². The van der Waals surface area contributed by atoms with Gasteiger partial charge >= 0.3 is 0 Å². The molecule has 2 aliphatic heterocycles. The highest BCUT2D eigenvalue weighted by Crippen LogP contribution is 2.32. The number of hydrogen-bond donors (Lipinski definition) is 2. The summed E-state index contributed by atoms with van der Waals surface area (Å²) in [5.74, 6) is 0.975. The van der Waals surface area contributed by atoms with Crippen LogP contribution in [0.3, 0.4) is 0 Å². The number of hydrogen-bond acceptors (Lipinski definition) is 5. The van der Waals surface area contributed by atoms with Crippen LogP contribution in [0.15, 0.2) is 12.1 Å². The maximum Gasteiger partial charge on any atom is 0.281 e. The lowest BCUT2D eigenvalue weighted by Gasteiger charge is -2.25. The Morgan fingerprint density at radius 3 is 2.88 bits per heavy atom. The number of nitrogens with zero attached hydrogens (tertiary/aromatic N) is 3. The van der Waals surface area contributed by atoms with Gasteiger partial charge in [0.1, 0.15) is 11.5 Å². The second-order valence-electron chi connectivity index (χ2n) is 6.48. The summed E-state index contributed by atoms with van der Waals surface area (Å²) >= 11 is 5.80. The van der Waals surface area contributed by atoms with Gasteiger partial charge in [0.15, 0.2) is 5.82 Å². The summed E-state index contributed by atoms with van der Waals surface area (Å²) in [4.78, 5) is 3.96. The molecule has 0 radical (unpaired) electrons. The fraction of sp³-hybridized carbons (Fsp3) is 0.529. The van der Waals surface area contributed by atoms with E-state index in [1.807, 2.05) is 0 Å². The predicted molar refractivity (Wildman–Crippen MR) is 94.2 cm³/mol. The Morgan fingerprint density at radius 2 is 2.12 bits per heavy atom. The van der Waals surface area contributed by atoms with Crippen molar-refractivity contribution in [2.75, 3.05) is 25.1 Å². The smallest absolute Gasteiger partial charge is 0.281 e. The van der Waals surface area contributed by atoms with Crippen molar-refractivity contribution in [3.05, 3.63) is 34.1 Å². The van der Waals surface area contributed by atoms with E-state index in [1.54, 1.807) is 6.07 Å². The molecule has 4 rings (SSSR count). The van der Waals surface area contributed by atoms with Crippen LogP contribution in [0, 0.1) is 0 Å². The van der Waals surface area contributed by atoms with Gasteiger partial charge in [-0.2, -0.15) is 5.10 Å². The number of alkyl halides is 2. The van der Waals surface area contributed by atoms with E-state index in [9.17, 15) is 8.78 Å². The molecule has 1 saturated heterocycles. The fourth-order valence-electron chi connectivity index (χ4n) is 3.51. The van der Waals surface area contributed by atoms with Crippen molar-refractivity contribution < 1.29 is 13.5 Å². The summed E-state index contributed by atoms with van der Waals surface area (Å²) in [7, 11) is 0. The number of rotatable bonds is 4. The van der Waals surface area contributed by atoms with Gasteiger partial charge < -0.3 is 15.4 Å². The number of halogens is 3. The number of nitrogens with one attached hydrogen (secondary N) is 2. The molecule has 9 heteroatoms. The van der Waals surface area contributed by atoms with Crippen LogP contribution in [0.1, 0.15) is 42.3 Å². The minimum absolute atomic E-state index is 0.0398. The van der Waals surface area contributed by atoms with Crippen molar-refractivity contribution in [1.29, 1.82) is 0 Å². The zero-order chi connectivity index (χ0) is 18.1. The average Bonchev–Trinajstić information content (AvgIpc) is 3.02. The molecule has 26 heavy (non-hydrogen) atoms. The summed E-state index contributed by atoms with van der Waals surface area (Å²) in [5.41, 5.74) is 1.84. The summed E-state index contributed by atoms with van der Waals surface area (Å²) < 4.78 is 33.6. The lowest BCUT2D eigenvalue weighted by Crippen LogP contribution is -2.28. The van der Waals surface area contributed by atoms with E-state index in [-0.39, 0.29) is 5.02 Å². The van der Waals surface area contributed by atoms with E-state index in [0.29, 0.717) is 24.2 Å². The molecule has 2 aromatic rings. The van der Waals surface area contributed by atoms with Crippen molar-refractivity contribution >= 4 is 23.2 Å². The van der Waals surface area contributed by atoms with Crippen LogP contribution in [-0.4, -0.2) is 34.5 Å². The Kier molecular flexibility index (Phi) is 5.06. The third-order valence-electron chi connectivity index (χ3n) is 4.82. The Morgan fingerprint density at radius 1 is 1.31 bits per heavy atom. The van der Waals surface area contributed by atoms with Crippen molar-refractivity contribution in [3.63, 3.8) is 0 Å². The summed E-state index contributed by atoms with van der Waals surface area (Å²) in [6, 6.07) is 3.32. The lowest BCUT2D eigenvalue weighted by atomic mass is 10.1. The topological polar surface area (TPSA) is 64.0 Å². The average molecular weight is 384 g/mol. The first-order valence-electron chi connectivity index (χ1n) is 8.74. The first-order chi connectivity index (χ1) is 12.6. The van der Waals surface area contributed by atoms with Crippen LogP contribution in [0.2, 0.25) is 5.02 Å². The second kappa shape index (κ2) is 7.46. The molecule has 0 saturated carbocycles. The van der Waals surface area contributed by atoms with E-state index in [0.717, 1.165) is 44.6 Å². The van der Waals surface area contributed by atoms with Crippen LogP contribution in [-0.2, 0) is 17.7 Å². The highest BCUT2D eigenvalue weighted by atomic mass is 35.5. The molecule has 0 unspecified atom stereocenters. The van der Waals surface area contributed by atoms with E-state index >= 15 is 0 Å². The highest BCUT2D eigenvalue weighted by Gasteiger charge is 2.26. The van der Waals surface area contributed by atoms with Gasteiger partial charge in [0.2, 0.25) is 0 Å². The van der Waals surface area contributed by atoms with Gasteiger partial charge in [-0.15, -0.1) is 0 Å². The SMILES string of the molecule is FC(F)c1nc(Nc2nn(C3CCOCC3)c3c2CNCC3)ccc1Cl. The molecular formula is C17H20ClF2N5O. The monoisotopic (exact) mass is 383 g/mol. The second-order valence-corrected chi connectivity index (χ2v) is 6.89. The van der Waals surface area contributed by atoms with Gasteiger partial charge in [-0.05, 0) is 25.0 Å². The van der Waals surface area contributed by atoms with E-state index in [4.69, 9.17) is 21.4 Å². The molecule has 0 aromatic carbocycles. The Balaban J connectivity index is 1.66. The molecule has 0 atom stereocenters. The molecule has 1 fully saturated rings. The lowest BCUT2D eigenvalue weighted by molar-refractivity contribution is 0.0654. The molecule has 0 amide bonds. The molecule has 0 aliphatic carbocycles. The van der Waals surface area contributed by atoms with Crippen molar-refractivity contribution in [2.24, 2.45) is 0 Å².